The Bertz CT molecular complexity index is 954. The zero-order valence-corrected chi connectivity index (χ0v) is 16.1. The Morgan fingerprint density at radius 1 is 1.07 bits per heavy atom. The van der Waals surface area contributed by atoms with Crippen molar-refractivity contribution in [1.82, 2.24) is 10.1 Å². The van der Waals surface area contributed by atoms with Crippen LogP contribution in [0.15, 0.2) is 57.5 Å². The Balaban J connectivity index is 1.55. The lowest BCUT2D eigenvalue weighted by atomic mass is 10.2. The van der Waals surface area contributed by atoms with Crippen LogP contribution < -0.4 is 10.6 Å². The molecule has 7 nitrogen and oxygen atoms in total. The number of hydrogen-bond acceptors (Lipinski definition) is 5. The van der Waals surface area contributed by atoms with Gasteiger partial charge in [-0.05, 0) is 42.5 Å². The Kier molecular flexibility index (Phi) is 5.97. The molecule has 138 valence electrons. The van der Waals surface area contributed by atoms with E-state index in [0.29, 0.717) is 29.5 Å². The standard InChI is InChI=1S/C19H17BrN4O3/c1-12(25)21-15-3-2-4-16(11-15)22-17(26)9-10-18-23-19(24-27-18)13-5-7-14(20)8-6-13/h2-8,11H,9-10H2,1H3,(H,21,25)(H,22,26). The summed E-state index contributed by atoms with van der Waals surface area (Å²) in [6, 6.07) is 14.5. The van der Waals surface area contributed by atoms with Gasteiger partial charge in [0.2, 0.25) is 23.5 Å². The summed E-state index contributed by atoms with van der Waals surface area (Å²) in [5, 5.41) is 9.40. The summed E-state index contributed by atoms with van der Waals surface area (Å²) in [5.74, 6) is 0.533. The molecule has 0 atom stereocenters. The van der Waals surface area contributed by atoms with E-state index in [9.17, 15) is 9.59 Å². The Labute approximate surface area is 164 Å². The molecule has 3 aromatic rings. The minimum atomic E-state index is -0.182. The first-order valence-electron chi connectivity index (χ1n) is 8.25. The molecule has 0 fully saturated rings. The van der Waals surface area contributed by atoms with Gasteiger partial charge >= 0.3 is 0 Å². The van der Waals surface area contributed by atoms with Crippen LogP contribution in [-0.4, -0.2) is 22.0 Å². The van der Waals surface area contributed by atoms with Gasteiger partial charge in [-0.15, -0.1) is 0 Å². The number of nitrogens with zero attached hydrogens (tertiary/aromatic N) is 2. The number of anilines is 2. The van der Waals surface area contributed by atoms with Crippen molar-refractivity contribution in [3.05, 3.63) is 58.9 Å². The third kappa shape index (κ3) is 5.49. The number of benzene rings is 2. The highest BCUT2D eigenvalue weighted by atomic mass is 79.9. The molecule has 3 rings (SSSR count). The number of amides is 2. The number of aromatic nitrogens is 2. The van der Waals surface area contributed by atoms with E-state index in [1.165, 1.54) is 6.92 Å². The highest BCUT2D eigenvalue weighted by Crippen LogP contribution is 2.19. The van der Waals surface area contributed by atoms with E-state index >= 15 is 0 Å². The molecule has 2 aromatic carbocycles. The maximum absolute atomic E-state index is 12.1. The summed E-state index contributed by atoms with van der Waals surface area (Å²) in [6.07, 6.45) is 0.535. The monoisotopic (exact) mass is 428 g/mol. The molecule has 0 aliphatic heterocycles. The molecular formula is C19H17BrN4O3. The van der Waals surface area contributed by atoms with Crippen LogP contribution in [-0.2, 0) is 16.0 Å². The van der Waals surface area contributed by atoms with Crippen molar-refractivity contribution >= 4 is 39.1 Å². The van der Waals surface area contributed by atoms with Crippen molar-refractivity contribution in [3.63, 3.8) is 0 Å². The molecule has 0 saturated heterocycles. The van der Waals surface area contributed by atoms with Crippen molar-refractivity contribution in [2.24, 2.45) is 0 Å². The summed E-state index contributed by atoms with van der Waals surface area (Å²) < 4.78 is 6.18. The smallest absolute Gasteiger partial charge is 0.227 e. The van der Waals surface area contributed by atoms with Gasteiger partial charge in [0.1, 0.15) is 0 Å². The van der Waals surface area contributed by atoms with Crippen LogP contribution >= 0.6 is 15.9 Å². The van der Waals surface area contributed by atoms with Crippen LogP contribution in [0.5, 0.6) is 0 Å². The number of carbonyl (C=O) groups is 2. The first-order chi connectivity index (χ1) is 13.0. The topological polar surface area (TPSA) is 97.1 Å². The van der Waals surface area contributed by atoms with Gasteiger partial charge in [0, 0.05) is 41.2 Å². The summed E-state index contributed by atoms with van der Waals surface area (Å²) in [4.78, 5) is 27.6. The van der Waals surface area contributed by atoms with E-state index in [0.717, 1.165) is 10.0 Å². The molecule has 0 unspecified atom stereocenters. The quantitative estimate of drug-likeness (QED) is 0.617. The van der Waals surface area contributed by atoms with Gasteiger partial charge in [-0.25, -0.2) is 0 Å². The molecule has 0 aliphatic rings. The SMILES string of the molecule is CC(=O)Nc1cccc(NC(=O)CCc2nc(-c3ccc(Br)cc3)no2)c1. The van der Waals surface area contributed by atoms with E-state index in [1.807, 2.05) is 24.3 Å². The first-order valence-corrected chi connectivity index (χ1v) is 9.05. The van der Waals surface area contributed by atoms with Crippen LogP contribution in [0, 0.1) is 0 Å². The summed E-state index contributed by atoms with van der Waals surface area (Å²) in [6.45, 7) is 1.43. The predicted octanol–water partition coefficient (Wildman–Crippen LogP) is 4.03. The van der Waals surface area contributed by atoms with Gasteiger partial charge in [-0.2, -0.15) is 4.98 Å². The minimum absolute atomic E-state index is 0.170. The van der Waals surface area contributed by atoms with Crippen LogP contribution in [0.3, 0.4) is 0 Å². The first kappa shape index (κ1) is 18.8. The molecule has 1 heterocycles. The molecule has 1 aromatic heterocycles. The van der Waals surface area contributed by atoms with Crippen LogP contribution in [0.2, 0.25) is 0 Å². The zero-order valence-electron chi connectivity index (χ0n) is 14.5. The van der Waals surface area contributed by atoms with E-state index in [4.69, 9.17) is 4.52 Å². The number of aryl methyl sites for hydroxylation is 1. The van der Waals surface area contributed by atoms with Gasteiger partial charge in [0.25, 0.3) is 0 Å². The summed E-state index contributed by atoms with van der Waals surface area (Å²) >= 11 is 3.38. The van der Waals surface area contributed by atoms with Crippen molar-refractivity contribution in [2.75, 3.05) is 10.6 Å². The van der Waals surface area contributed by atoms with Gasteiger partial charge in [-0.3, -0.25) is 9.59 Å². The maximum Gasteiger partial charge on any atom is 0.227 e. The molecule has 0 aliphatic carbocycles. The second-order valence-electron chi connectivity index (χ2n) is 5.83. The summed E-state index contributed by atoms with van der Waals surface area (Å²) in [7, 11) is 0. The fourth-order valence-corrected chi connectivity index (χ4v) is 2.66. The molecule has 8 heteroatoms. The van der Waals surface area contributed by atoms with Crippen molar-refractivity contribution in [3.8, 4) is 11.4 Å². The lowest BCUT2D eigenvalue weighted by molar-refractivity contribution is -0.116. The number of rotatable bonds is 6. The van der Waals surface area contributed by atoms with Gasteiger partial charge in [0.05, 0.1) is 0 Å². The Morgan fingerprint density at radius 2 is 1.78 bits per heavy atom. The lowest BCUT2D eigenvalue weighted by Gasteiger charge is -2.07. The molecule has 0 radical (unpaired) electrons. The molecule has 2 N–H and O–H groups in total. The maximum atomic E-state index is 12.1. The number of hydrogen-bond donors (Lipinski definition) is 2. The third-order valence-corrected chi connectivity index (χ3v) is 4.13. The molecule has 0 bridgehead atoms. The van der Waals surface area contributed by atoms with Crippen LogP contribution in [0.25, 0.3) is 11.4 Å². The van der Waals surface area contributed by atoms with E-state index in [2.05, 4.69) is 36.7 Å². The third-order valence-electron chi connectivity index (χ3n) is 3.60. The fraction of sp³-hybridized carbons (Fsp3) is 0.158. The summed E-state index contributed by atoms with van der Waals surface area (Å²) in [5.41, 5.74) is 2.07. The average molecular weight is 429 g/mol. The molecule has 0 saturated carbocycles. The number of halogens is 1. The largest absolute Gasteiger partial charge is 0.339 e. The van der Waals surface area contributed by atoms with E-state index < -0.39 is 0 Å². The minimum Gasteiger partial charge on any atom is -0.339 e. The number of nitrogens with one attached hydrogen (secondary N) is 2. The van der Waals surface area contributed by atoms with Crippen LogP contribution in [0.1, 0.15) is 19.2 Å². The van der Waals surface area contributed by atoms with E-state index in [-0.39, 0.29) is 18.2 Å². The molecule has 27 heavy (non-hydrogen) atoms. The fourth-order valence-electron chi connectivity index (χ4n) is 2.39. The highest BCUT2D eigenvalue weighted by molar-refractivity contribution is 9.10. The number of carbonyl (C=O) groups excluding carboxylic acids is 2. The van der Waals surface area contributed by atoms with Crippen molar-refractivity contribution < 1.29 is 14.1 Å². The average Bonchev–Trinajstić information content (AvgIpc) is 3.09. The Hall–Kier alpha value is -3.00. The normalized spacial score (nSPS) is 10.4. The van der Waals surface area contributed by atoms with E-state index in [1.54, 1.807) is 24.3 Å². The molecular weight excluding hydrogens is 412 g/mol. The molecule has 0 spiro atoms. The highest BCUT2D eigenvalue weighted by Gasteiger charge is 2.11. The Morgan fingerprint density at radius 3 is 2.48 bits per heavy atom. The second-order valence-corrected chi connectivity index (χ2v) is 6.74. The van der Waals surface area contributed by atoms with Crippen molar-refractivity contribution in [2.45, 2.75) is 19.8 Å². The van der Waals surface area contributed by atoms with Gasteiger partial charge in [-0.1, -0.05) is 27.2 Å². The van der Waals surface area contributed by atoms with Crippen LogP contribution in [0.4, 0.5) is 11.4 Å². The zero-order chi connectivity index (χ0) is 19.2. The predicted molar refractivity (Wildman–Crippen MR) is 105 cm³/mol. The molecule has 2 amide bonds. The lowest BCUT2D eigenvalue weighted by Crippen LogP contribution is -2.13. The van der Waals surface area contributed by atoms with Gasteiger partial charge in [0.15, 0.2) is 0 Å². The second kappa shape index (κ2) is 8.59. The van der Waals surface area contributed by atoms with Crippen molar-refractivity contribution in [1.29, 1.82) is 0 Å². The van der Waals surface area contributed by atoms with Gasteiger partial charge < -0.3 is 15.2 Å².